The lowest BCUT2D eigenvalue weighted by Gasteiger charge is -2.34. The van der Waals surface area contributed by atoms with E-state index in [2.05, 4.69) is 0 Å². The topological polar surface area (TPSA) is 91.8 Å². The van der Waals surface area contributed by atoms with Crippen molar-refractivity contribution in [1.82, 2.24) is 4.31 Å². The summed E-state index contributed by atoms with van der Waals surface area (Å²) >= 11 is 5.83. The van der Waals surface area contributed by atoms with Crippen molar-refractivity contribution in [2.24, 2.45) is 0 Å². The van der Waals surface area contributed by atoms with Crippen LogP contribution in [0.5, 0.6) is 0 Å². The Hall–Kier alpha value is -0.670. The van der Waals surface area contributed by atoms with Gasteiger partial charge in [-0.25, -0.2) is 16.8 Å². The van der Waals surface area contributed by atoms with Gasteiger partial charge in [0, 0.05) is 19.3 Å². The van der Waals surface area contributed by atoms with Crippen LogP contribution in [0, 0.1) is 0 Å². The molecule has 1 aliphatic heterocycles. The number of aliphatic hydroxyl groups is 1. The second-order valence-corrected chi connectivity index (χ2v) is 8.67. The van der Waals surface area contributed by atoms with Crippen LogP contribution in [0.3, 0.4) is 0 Å². The summed E-state index contributed by atoms with van der Waals surface area (Å²) in [6.07, 6.45) is 0.298. The fourth-order valence-electron chi connectivity index (χ4n) is 1.66. The summed E-state index contributed by atoms with van der Waals surface area (Å²) in [5.41, 5.74) is 0. The second-order valence-electron chi connectivity index (χ2n) is 4.34. The summed E-state index contributed by atoms with van der Waals surface area (Å²) in [5, 5.41) is 9.10. The molecule has 0 aliphatic carbocycles. The first-order valence-corrected chi connectivity index (χ1v) is 9.01. The molecule has 0 amide bonds. The number of nitrogens with zero attached hydrogens (tertiary/aromatic N) is 1. The van der Waals surface area contributed by atoms with Crippen LogP contribution in [0.2, 0.25) is 5.02 Å². The molecule has 1 saturated heterocycles. The van der Waals surface area contributed by atoms with Gasteiger partial charge in [0.05, 0.1) is 16.0 Å². The maximum atomic E-state index is 12.2. The summed E-state index contributed by atoms with van der Waals surface area (Å²) in [7, 11) is -7.39. The molecule has 1 N–H and O–H groups in total. The molecule has 1 aliphatic rings. The molecule has 0 radical (unpaired) electrons. The molecule has 19 heavy (non-hydrogen) atoms. The third-order valence-electron chi connectivity index (χ3n) is 2.78. The van der Waals surface area contributed by atoms with Crippen molar-refractivity contribution in [3.8, 4) is 0 Å². The van der Waals surface area contributed by atoms with Gasteiger partial charge in [-0.1, -0.05) is 11.6 Å². The van der Waals surface area contributed by atoms with Gasteiger partial charge < -0.3 is 5.11 Å². The highest BCUT2D eigenvalue weighted by molar-refractivity contribution is 7.91. The van der Waals surface area contributed by atoms with Crippen molar-refractivity contribution in [2.75, 3.05) is 19.3 Å². The molecule has 1 heterocycles. The fraction of sp³-hybridized carbons (Fsp3) is 0.400. The Balaban J connectivity index is 2.50. The van der Waals surface area contributed by atoms with Gasteiger partial charge >= 0.3 is 0 Å². The SMILES string of the molecule is CS(=O)(=O)c1ccc(Cl)c(S(=O)(=O)N2CC(O)C2)c1. The van der Waals surface area contributed by atoms with Crippen LogP contribution in [0.4, 0.5) is 0 Å². The highest BCUT2D eigenvalue weighted by Crippen LogP contribution is 2.29. The maximum Gasteiger partial charge on any atom is 0.244 e. The largest absolute Gasteiger partial charge is 0.390 e. The highest BCUT2D eigenvalue weighted by Gasteiger charge is 2.37. The lowest BCUT2D eigenvalue weighted by molar-refractivity contribution is 0.0548. The zero-order valence-corrected chi connectivity index (χ0v) is 12.3. The summed E-state index contributed by atoms with van der Waals surface area (Å²) in [5.74, 6) is 0. The molecule has 106 valence electrons. The minimum absolute atomic E-state index is 0.0121. The smallest absolute Gasteiger partial charge is 0.244 e. The number of β-amino-alcohol motifs (C(OH)–C–C–N with tert-alkyl or cyclic N) is 1. The van der Waals surface area contributed by atoms with Crippen LogP contribution in [-0.2, 0) is 19.9 Å². The van der Waals surface area contributed by atoms with Gasteiger partial charge in [-0.3, -0.25) is 0 Å². The van der Waals surface area contributed by atoms with E-state index < -0.39 is 26.0 Å². The van der Waals surface area contributed by atoms with Crippen molar-refractivity contribution in [1.29, 1.82) is 0 Å². The number of aliphatic hydroxyl groups excluding tert-OH is 1. The number of benzene rings is 1. The third kappa shape index (κ3) is 2.77. The lowest BCUT2D eigenvalue weighted by Crippen LogP contribution is -2.53. The first-order chi connectivity index (χ1) is 8.62. The maximum absolute atomic E-state index is 12.2. The Morgan fingerprint density at radius 3 is 2.32 bits per heavy atom. The monoisotopic (exact) mass is 325 g/mol. The third-order valence-corrected chi connectivity index (χ3v) is 6.20. The number of sulfonamides is 1. The minimum atomic E-state index is -3.87. The van der Waals surface area contributed by atoms with Crippen molar-refractivity contribution in [3.05, 3.63) is 23.2 Å². The van der Waals surface area contributed by atoms with E-state index in [1.165, 1.54) is 12.1 Å². The predicted octanol–water partition coefficient (Wildman–Crippen LogP) is 0.109. The molecule has 9 heteroatoms. The molecule has 0 aromatic heterocycles. The molecule has 1 aromatic carbocycles. The molecular weight excluding hydrogens is 314 g/mol. The number of hydrogen-bond acceptors (Lipinski definition) is 5. The van der Waals surface area contributed by atoms with E-state index in [-0.39, 0.29) is 27.9 Å². The zero-order valence-electron chi connectivity index (χ0n) is 9.95. The van der Waals surface area contributed by atoms with Crippen LogP contribution in [0.1, 0.15) is 0 Å². The molecule has 1 aromatic rings. The van der Waals surface area contributed by atoms with E-state index in [1.54, 1.807) is 0 Å². The Morgan fingerprint density at radius 2 is 1.84 bits per heavy atom. The minimum Gasteiger partial charge on any atom is -0.390 e. The normalized spacial score (nSPS) is 18.3. The van der Waals surface area contributed by atoms with E-state index in [1.807, 2.05) is 0 Å². The average Bonchev–Trinajstić information content (AvgIpc) is 2.23. The summed E-state index contributed by atoms with van der Waals surface area (Å²) < 4.78 is 48.3. The van der Waals surface area contributed by atoms with Crippen LogP contribution in [0.15, 0.2) is 28.0 Å². The standard InChI is InChI=1S/C10H12ClNO5S2/c1-18(14,15)8-2-3-9(11)10(4-8)19(16,17)12-5-7(13)6-12/h2-4,7,13H,5-6H2,1H3. The van der Waals surface area contributed by atoms with E-state index >= 15 is 0 Å². The van der Waals surface area contributed by atoms with Crippen molar-refractivity contribution in [2.45, 2.75) is 15.9 Å². The molecule has 0 atom stereocenters. The second kappa shape index (κ2) is 4.71. The summed E-state index contributed by atoms with van der Waals surface area (Å²) in [6, 6.07) is 3.53. The number of sulfone groups is 1. The zero-order chi connectivity index (χ0) is 14.4. The molecule has 0 spiro atoms. The molecule has 6 nitrogen and oxygen atoms in total. The van der Waals surface area contributed by atoms with Crippen molar-refractivity contribution >= 4 is 31.5 Å². The fourth-order valence-corrected chi connectivity index (χ4v) is 4.40. The quantitative estimate of drug-likeness (QED) is 0.851. The Bertz CT molecular complexity index is 707. The van der Waals surface area contributed by atoms with Gasteiger partial charge in [-0.2, -0.15) is 4.31 Å². The summed E-state index contributed by atoms with van der Waals surface area (Å²) in [6.45, 7) is -0.0243. The van der Waals surface area contributed by atoms with Crippen molar-refractivity contribution < 1.29 is 21.9 Å². The van der Waals surface area contributed by atoms with Crippen LogP contribution >= 0.6 is 11.6 Å². The van der Waals surface area contributed by atoms with E-state index in [9.17, 15) is 16.8 Å². The van der Waals surface area contributed by atoms with Gasteiger partial charge in [0.25, 0.3) is 0 Å². The first kappa shape index (κ1) is 14.7. The average molecular weight is 326 g/mol. The van der Waals surface area contributed by atoms with Crippen molar-refractivity contribution in [3.63, 3.8) is 0 Å². The van der Waals surface area contributed by atoms with E-state index in [0.29, 0.717) is 0 Å². The highest BCUT2D eigenvalue weighted by atomic mass is 35.5. The van der Waals surface area contributed by atoms with Gasteiger partial charge in [0.15, 0.2) is 9.84 Å². The molecule has 0 saturated carbocycles. The molecule has 0 bridgehead atoms. The summed E-state index contributed by atoms with van der Waals surface area (Å²) in [4.78, 5) is -0.375. The Labute approximate surface area is 116 Å². The number of hydrogen-bond donors (Lipinski definition) is 1. The van der Waals surface area contributed by atoms with Crippen LogP contribution < -0.4 is 0 Å². The van der Waals surface area contributed by atoms with Gasteiger partial charge in [-0.05, 0) is 18.2 Å². The lowest BCUT2D eigenvalue weighted by atomic mass is 10.2. The van der Waals surface area contributed by atoms with E-state index in [4.69, 9.17) is 16.7 Å². The first-order valence-electron chi connectivity index (χ1n) is 5.30. The van der Waals surface area contributed by atoms with Crippen LogP contribution in [0.25, 0.3) is 0 Å². The number of rotatable bonds is 3. The predicted molar refractivity (Wildman–Crippen MR) is 69.3 cm³/mol. The van der Waals surface area contributed by atoms with Gasteiger partial charge in [0.1, 0.15) is 4.90 Å². The molecular formula is C10H12ClNO5S2. The molecule has 0 unspecified atom stereocenters. The van der Waals surface area contributed by atoms with Crippen LogP contribution in [-0.4, -0.2) is 51.7 Å². The van der Waals surface area contributed by atoms with E-state index in [0.717, 1.165) is 16.6 Å². The Morgan fingerprint density at radius 1 is 1.26 bits per heavy atom. The van der Waals surface area contributed by atoms with Gasteiger partial charge in [0.2, 0.25) is 10.0 Å². The van der Waals surface area contributed by atoms with Gasteiger partial charge in [-0.15, -0.1) is 0 Å². The molecule has 1 fully saturated rings. The number of halogens is 1. The Kier molecular flexibility index (Phi) is 3.65. The molecule has 2 rings (SSSR count).